The molecule has 1 rings (SSSR count). The zero-order valence-corrected chi connectivity index (χ0v) is 17.9. The van der Waals surface area contributed by atoms with E-state index >= 15 is 0 Å². The second-order valence-electron chi connectivity index (χ2n) is 7.08. The monoisotopic (exact) mass is 371 g/mol. The van der Waals surface area contributed by atoms with Crippen LogP contribution in [0.4, 0.5) is 0 Å². The minimum atomic E-state index is -0.0411. The zero-order valence-electron chi connectivity index (χ0n) is 17.9. The van der Waals surface area contributed by atoms with Crippen molar-refractivity contribution in [3.63, 3.8) is 0 Å². The van der Waals surface area contributed by atoms with Crippen molar-refractivity contribution in [3.8, 4) is 0 Å². The molecule has 0 fully saturated rings. The fraction of sp³-hybridized carbons (Fsp3) is 0.583. The van der Waals surface area contributed by atoms with Crippen LogP contribution in [0.25, 0.3) is 0 Å². The van der Waals surface area contributed by atoms with Gasteiger partial charge in [-0.3, -0.25) is 9.79 Å². The normalized spacial score (nSPS) is 16.6. The van der Waals surface area contributed by atoms with Gasteiger partial charge < -0.3 is 4.74 Å². The summed E-state index contributed by atoms with van der Waals surface area (Å²) < 4.78 is 5.25. The summed E-state index contributed by atoms with van der Waals surface area (Å²) in [7, 11) is 0. The lowest BCUT2D eigenvalue weighted by Gasteiger charge is -2.12. The lowest BCUT2D eigenvalue weighted by Crippen LogP contribution is -2.18. The summed E-state index contributed by atoms with van der Waals surface area (Å²) in [6.45, 7) is 11.3. The van der Waals surface area contributed by atoms with Gasteiger partial charge in [0.15, 0.2) is 5.78 Å². The lowest BCUT2D eigenvalue weighted by atomic mass is 9.93. The van der Waals surface area contributed by atoms with E-state index in [9.17, 15) is 4.79 Å². The number of carbonyl (C=O) groups is 1. The summed E-state index contributed by atoms with van der Waals surface area (Å²) in [5.41, 5.74) is 5.20. The van der Waals surface area contributed by atoms with Gasteiger partial charge in [0.2, 0.25) is 0 Å². The van der Waals surface area contributed by atoms with Crippen molar-refractivity contribution in [1.29, 1.82) is 0 Å². The highest BCUT2D eigenvalue weighted by molar-refractivity contribution is 5.85. The molecule has 0 aromatic carbocycles. The number of rotatable bonds is 12. The molecule has 0 saturated carbocycles. The summed E-state index contributed by atoms with van der Waals surface area (Å²) in [5, 5.41) is 0. The Labute approximate surface area is 166 Å². The van der Waals surface area contributed by atoms with Gasteiger partial charge in [-0.2, -0.15) is 0 Å². The first-order valence-electron chi connectivity index (χ1n) is 10.5. The Morgan fingerprint density at radius 2 is 2.07 bits per heavy atom. The number of hydrogen-bond acceptors (Lipinski definition) is 3. The second-order valence-corrected chi connectivity index (χ2v) is 7.08. The van der Waals surface area contributed by atoms with Crippen LogP contribution < -0.4 is 0 Å². The SMILES string of the molecule is CC/C=C(\C=C(/CCC)C1=CN=CC(CC(C)C(=O)COCC)=CC1)CC. The minimum absolute atomic E-state index is 0.0411. The quantitative estimate of drug-likeness (QED) is 0.374. The molecule has 3 heteroatoms. The molecular formula is C24H37NO2. The first-order chi connectivity index (χ1) is 13.0. The number of Topliss-reactive ketones (excluding diaryl/α,β-unsaturated/α-hetero) is 1. The highest BCUT2D eigenvalue weighted by atomic mass is 16.5. The van der Waals surface area contributed by atoms with Gasteiger partial charge in [-0.15, -0.1) is 0 Å². The van der Waals surface area contributed by atoms with Gasteiger partial charge in [-0.25, -0.2) is 0 Å². The van der Waals surface area contributed by atoms with Crippen molar-refractivity contribution in [3.05, 3.63) is 46.7 Å². The van der Waals surface area contributed by atoms with E-state index in [1.165, 1.54) is 16.7 Å². The molecule has 0 aliphatic carbocycles. The molecule has 27 heavy (non-hydrogen) atoms. The molecule has 150 valence electrons. The van der Waals surface area contributed by atoms with Crippen LogP contribution in [0.3, 0.4) is 0 Å². The summed E-state index contributed by atoms with van der Waals surface area (Å²) in [4.78, 5) is 16.6. The summed E-state index contributed by atoms with van der Waals surface area (Å²) in [5.74, 6) is 0.119. The van der Waals surface area contributed by atoms with Gasteiger partial charge in [0.25, 0.3) is 0 Å². The maximum Gasteiger partial charge on any atom is 0.161 e. The summed E-state index contributed by atoms with van der Waals surface area (Å²) >= 11 is 0. The van der Waals surface area contributed by atoms with Crippen molar-refractivity contribution in [2.24, 2.45) is 10.9 Å². The van der Waals surface area contributed by atoms with Crippen molar-refractivity contribution >= 4 is 12.0 Å². The Bertz CT molecular complexity index is 620. The third-order valence-electron chi connectivity index (χ3n) is 4.76. The molecule has 0 N–H and O–H groups in total. The highest BCUT2D eigenvalue weighted by Gasteiger charge is 2.15. The third-order valence-corrected chi connectivity index (χ3v) is 4.76. The average molecular weight is 372 g/mol. The van der Waals surface area contributed by atoms with Crippen LogP contribution in [0, 0.1) is 5.92 Å². The van der Waals surface area contributed by atoms with Crippen LogP contribution in [0.5, 0.6) is 0 Å². The fourth-order valence-corrected chi connectivity index (χ4v) is 3.12. The van der Waals surface area contributed by atoms with Crippen molar-refractivity contribution in [2.45, 2.75) is 73.1 Å². The van der Waals surface area contributed by atoms with Gasteiger partial charge in [0, 0.05) is 24.9 Å². The van der Waals surface area contributed by atoms with Crippen molar-refractivity contribution in [1.82, 2.24) is 0 Å². The number of ether oxygens (including phenoxy) is 1. The molecule has 0 aromatic rings. The van der Waals surface area contributed by atoms with E-state index in [0.29, 0.717) is 6.61 Å². The number of carbonyl (C=O) groups excluding carboxylic acids is 1. The minimum Gasteiger partial charge on any atom is -0.374 e. The Kier molecular flexibility index (Phi) is 11.6. The molecule has 0 bridgehead atoms. The van der Waals surface area contributed by atoms with E-state index in [4.69, 9.17) is 4.74 Å². The molecular weight excluding hydrogens is 334 g/mol. The van der Waals surface area contributed by atoms with E-state index < -0.39 is 0 Å². The van der Waals surface area contributed by atoms with Crippen LogP contribution in [-0.4, -0.2) is 25.2 Å². The Hall–Kier alpha value is -1.74. The first-order valence-corrected chi connectivity index (χ1v) is 10.5. The van der Waals surface area contributed by atoms with Gasteiger partial charge >= 0.3 is 0 Å². The summed E-state index contributed by atoms with van der Waals surface area (Å²) in [6, 6.07) is 0. The van der Waals surface area contributed by atoms with Crippen LogP contribution in [0.2, 0.25) is 0 Å². The van der Waals surface area contributed by atoms with E-state index in [2.05, 4.69) is 44.0 Å². The molecule has 0 saturated heterocycles. The van der Waals surface area contributed by atoms with E-state index in [0.717, 1.165) is 44.1 Å². The zero-order chi connectivity index (χ0) is 20.1. The fourth-order valence-electron chi connectivity index (χ4n) is 3.12. The molecule has 1 aliphatic rings. The van der Waals surface area contributed by atoms with Crippen molar-refractivity contribution < 1.29 is 9.53 Å². The number of ketones is 1. The number of nitrogens with zero attached hydrogens (tertiary/aromatic N) is 1. The molecule has 1 atom stereocenters. The van der Waals surface area contributed by atoms with Crippen LogP contribution in [-0.2, 0) is 9.53 Å². The predicted molar refractivity (Wildman–Crippen MR) is 116 cm³/mol. The Balaban J connectivity index is 2.85. The topological polar surface area (TPSA) is 38.7 Å². The molecule has 0 radical (unpaired) electrons. The highest BCUT2D eigenvalue weighted by Crippen LogP contribution is 2.26. The van der Waals surface area contributed by atoms with Gasteiger partial charge in [-0.1, -0.05) is 57.9 Å². The standard InChI is InChI=1S/C24H37NO2/c1-6-10-20(8-3)15-22(11-7-2)23-13-12-21(16-25-17-23)14-19(5)24(26)18-27-9-4/h10,12,15-17,19H,6-9,11,13-14,18H2,1-5H3/b20-10-,22-15+. The predicted octanol–water partition coefficient (Wildman–Crippen LogP) is 6.38. The molecule has 1 heterocycles. The Morgan fingerprint density at radius 1 is 1.30 bits per heavy atom. The molecule has 0 amide bonds. The van der Waals surface area contributed by atoms with E-state index in [1.54, 1.807) is 0 Å². The molecule has 1 aliphatic heterocycles. The average Bonchev–Trinajstić information content (AvgIpc) is 2.90. The number of allylic oxidation sites excluding steroid dienone is 7. The van der Waals surface area contributed by atoms with Gasteiger partial charge in [0.1, 0.15) is 6.61 Å². The number of hydrogen-bond donors (Lipinski definition) is 0. The van der Waals surface area contributed by atoms with Crippen LogP contribution in [0.1, 0.15) is 73.1 Å². The smallest absolute Gasteiger partial charge is 0.161 e. The molecule has 0 spiro atoms. The first kappa shape index (κ1) is 23.3. The largest absolute Gasteiger partial charge is 0.374 e. The maximum atomic E-state index is 12.1. The van der Waals surface area contributed by atoms with E-state index in [-0.39, 0.29) is 18.3 Å². The lowest BCUT2D eigenvalue weighted by molar-refractivity contribution is -0.126. The van der Waals surface area contributed by atoms with Crippen molar-refractivity contribution in [2.75, 3.05) is 13.2 Å². The molecule has 1 unspecified atom stereocenters. The maximum absolute atomic E-state index is 12.1. The van der Waals surface area contributed by atoms with Gasteiger partial charge in [0.05, 0.1) is 0 Å². The van der Waals surface area contributed by atoms with E-state index in [1.807, 2.05) is 26.3 Å². The molecule has 3 nitrogen and oxygen atoms in total. The van der Waals surface area contributed by atoms with Gasteiger partial charge in [-0.05, 0) is 55.7 Å². The second kappa shape index (κ2) is 13.4. The Morgan fingerprint density at radius 3 is 2.70 bits per heavy atom. The van der Waals surface area contributed by atoms with Crippen LogP contribution >= 0.6 is 0 Å². The summed E-state index contributed by atoms with van der Waals surface area (Å²) in [6.07, 6.45) is 16.7. The molecule has 0 aromatic heterocycles. The third kappa shape index (κ3) is 8.66. The number of aliphatic imine (C=N–C) groups is 1. The van der Waals surface area contributed by atoms with Crippen LogP contribution in [0.15, 0.2) is 51.7 Å².